The maximum Gasteiger partial charge on any atom is 0.256 e. The van der Waals surface area contributed by atoms with Crippen molar-refractivity contribution in [2.24, 2.45) is 0 Å². The Morgan fingerprint density at radius 3 is 2.82 bits per heavy atom. The van der Waals surface area contributed by atoms with Gasteiger partial charge in [-0.2, -0.15) is 0 Å². The molecule has 4 heteroatoms. The second-order valence-electron chi connectivity index (χ2n) is 3.91. The van der Waals surface area contributed by atoms with Crippen molar-refractivity contribution < 1.29 is 4.79 Å². The number of hydrogen-bond donors (Lipinski definition) is 1. The molecule has 0 unspecified atom stereocenters. The number of nitrogens with one attached hydrogen (secondary N) is 1. The Morgan fingerprint density at radius 2 is 2.24 bits per heavy atom. The molecule has 1 amide bonds. The largest absolute Gasteiger partial charge is 0.386 e. The summed E-state index contributed by atoms with van der Waals surface area (Å²) in [6.45, 7) is 5.69. The lowest BCUT2D eigenvalue weighted by Gasteiger charge is -2.21. The fourth-order valence-corrected chi connectivity index (χ4v) is 1.70. The molecule has 94 valence electrons. The highest BCUT2D eigenvalue weighted by molar-refractivity contribution is 5.99. The van der Waals surface area contributed by atoms with Crippen LogP contribution < -0.4 is 5.32 Å². The first-order valence-electron chi connectivity index (χ1n) is 6.15. The number of rotatable bonds is 6. The highest BCUT2D eigenvalue weighted by Crippen LogP contribution is 2.15. The molecule has 0 bridgehead atoms. The van der Waals surface area contributed by atoms with Crippen molar-refractivity contribution in [3.63, 3.8) is 0 Å². The van der Waals surface area contributed by atoms with E-state index in [0.717, 1.165) is 31.6 Å². The van der Waals surface area contributed by atoms with Crippen molar-refractivity contribution in [1.29, 1.82) is 0 Å². The van der Waals surface area contributed by atoms with E-state index in [0.29, 0.717) is 5.56 Å². The van der Waals surface area contributed by atoms with E-state index in [-0.39, 0.29) is 5.91 Å². The van der Waals surface area contributed by atoms with Gasteiger partial charge in [0.25, 0.3) is 5.91 Å². The average Bonchev–Trinajstić information content (AvgIpc) is 2.39. The van der Waals surface area contributed by atoms with Crippen molar-refractivity contribution in [3.8, 4) is 0 Å². The molecular weight excluding hydrogens is 214 g/mol. The zero-order chi connectivity index (χ0) is 12.7. The van der Waals surface area contributed by atoms with Crippen molar-refractivity contribution in [2.75, 3.05) is 25.5 Å². The first kappa shape index (κ1) is 13.5. The van der Waals surface area contributed by atoms with Gasteiger partial charge in [0.05, 0.1) is 17.4 Å². The SMILES string of the molecule is CCCCN(CC)C(=O)c1ccncc1NC. The molecule has 1 aromatic heterocycles. The smallest absolute Gasteiger partial charge is 0.256 e. The Bertz CT molecular complexity index is 365. The fourth-order valence-electron chi connectivity index (χ4n) is 1.70. The summed E-state index contributed by atoms with van der Waals surface area (Å²) in [5, 5.41) is 3.00. The molecule has 17 heavy (non-hydrogen) atoms. The van der Waals surface area contributed by atoms with E-state index >= 15 is 0 Å². The van der Waals surface area contributed by atoms with E-state index in [1.54, 1.807) is 25.5 Å². The summed E-state index contributed by atoms with van der Waals surface area (Å²) < 4.78 is 0. The Morgan fingerprint density at radius 1 is 1.47 bits per heavy atom. The van der Waals surface area contributed by atoms with Gasteiger partial charge in [0.1, 0.15) is 0 Å². The van der Waals surface area contributed by atoms with Crippen molar-refractivity contribution in [1.82, 2.24) is 9.88 Å². The van der Waals surface area contributed by atoms with Gasteiger partial charge in [-0.25, -0.2) is 0 Å². The van der Waals surface area contributed by atoms with Gasteiger partial charge in [0.2, 0.25) is 0 Å². The van der Waals surface area contributed by atoms with Crippen LogP contribution in [0, 0.1) is 0 Å². The van der Waals surface area contributed by atoms with Gasteiger partial charge in [-0.1, -0.05) is 13.3 Å². The van der Waals surface area contributed by atoms with Gasteiger partial charge in [0.15, 0.2) is 0 Å². The first-order chi connectivity index (χ1) is 8.24. The van der Waals surface area contributed by atoms with Crippen LogP contribution in [-0.2, 0) is 0 Å². The molecule has 0 aliphatic rings. The van der Waals surface area contributed by atoms with Crippen molar-refractivity contribution >= 4 is 11.6 Å². The molecule has 1 N–H and O–H groups in total. The summed E-state index contributed by atoms with van der Waals surface area (Å²) in [7, 11) is 1.80. The Balaban J connectivity index is 2.85. The van der Waals surface area contributed by atoms with Gasteiger partial charge in [-0.15, -0.1) is 0 Å². The monoisotopic (exact) mass is 235 g/mol. The van der Waals surface area contributed by atoms with Crippen LogP contribution in [0.5, 0.6) is 0 Å². The number of aromatic nitrogens is 1. The fraction of sp³-hybridized carbons (Fsp3) is 0.538. The third kappa shape index (κ3) is 3.44. The predicted molar refractivity (Wildman–Crippen MR) is 70.3 cm³/mol. The lowest BCUT2D eigenvalue weighted by molar-refractivity contribution is 0.0763. The molecule has 0 saturated heterocycles. The standard InChI is InChI=1S/C13H21N3O/c1-4-6-9-16(5-2)13(17)11-7-8-15-10-12(11)14-3/h7-8,10,14H,4-6,9H2,1-3H3. The van der Waals surface area contributed by atoms with E-state index in [9.17, 15) is 4.79 Å². The second-order valence-corrected chi connectivity index (χ2v) is 3.91. The minimum atomic E-state index is 0.0766. The lowest BCUT2D eigenvalue weighted by atomic mass is 10.2. The number of carbonyl (C=O) groups excluding carboxylic acids is 1. The van der Waals surface area contributed by atoms with Crippen LogP contribution in [0.2, 0.25) is 0 Å². The Labute approximate surface area is 103 Å². The van der Waals surface area contributed by atoms with Crippen molar-refractivity contribution in [3.05, 3.63) is 24.0 Å². The van der Waals surface area contributed by atoms with Gasteiger partial charge in [0, 0.05) is 26.3 Å². The van der Waals surface area contributed by atoms with Crippen LogP contribution >= 0.6 is 0 Å². The maximum absolute atomic E-state index is 12.3. The zero-order valence-corrected chi connectivity index (χ0v) is 10.9. The van der Waals surface area contributed by atoms with E-state index in [1.807, 2.05) is 11.8 Å². The quantitative estimate of drug-likeness (QED) is 0.823. The molecule has 1 aromatic rings. The number of carbonyl (C=O) groups is 1. The minimum Gasteiger partial charge on any atom is -0.386 e. The summed E-state index contributed by atoms with van der Waals surface area (Å²) in [4.78, 5) is 18.2. The van der Waals surface area contributed by atoms with E-state index in [1.165, 1.54) is 0 Å². The van der Waals surface area contributed by atoms with Gasteiger partial charge in [-0.3, -0.25) is 9.78 Å². The predicted octanol–water partition coefficient (Wildman–Crippen LogP) is 2.39. The van der Waals surface area contributed by atoms with Gasteiger partial charge in [-0.05, 0) is 19.4 Å². The van der Waals surface area contributed by atoms with Crippen LogP contribution in [0.4, 0.5) is 5.69 Å². The summed E-state index contributed by atoms with van der Waals surface area (Å²) >= 11 is 0. The third-order valence-electron chi connectivity index (χ3n) is 2.77. The summed E-state index contributed by atoms with van der Waals surface area (Å²) in [6.07, 6.45) is 5.47. The summed E-state index contributed by atoms with van der Waals surface area (Å²) in [5.74, 6) is 0.0766. The molecule has 0 radical (unpaired) electrons. The first-order valence-corrected chi connectivity index (χ1v) is 6.15. The lowest BCUT2D eigenvalue weighted by Crippen LogP contribution is -2.32. The number of anilines is 1. The normalized spacial score (nSPS) is 10.1. The van der Waals surface area contributed by atoms with Crippen LogP contribution in [0.3, 0.4) is 0 Å². The molecule has 0 aliphatic heterocycles. The van der Waals surface area contributed by atoms with Crippen LogP contribution in [0.1, 0.15) is 37.0 Å². The second kappa shape index (κ2) is 6.89. The molecule has 0 saturated carbocycles. The molecule has 4 nitrogen and oxygen atoms in total. The number of nitrogens with zero attached hydrogens (tertiary/aromatic N) is 2. The topological polar surface area (TPSA) is 45.2 Å². The van der Waals surface area contributed by atoms with Gasteiger partial charge >= 0.3 is 0 Å². The number of pyridine rings is 1. The number of unbranched alkanes of at least 4 members (excludes halogenated alkanes) is 1. The Hall–Kier alpha value is -1.58. The highest BCUT2D eigenvalue weighted by atomic mass is 16.2. The number of amides is 1. The van der Waals surface area contributed by atoms with Crippen LogP contribution in [-0.4, -0.2) is 35.9 Å². The molecule has 1 rings (SSSR count). The molecule has 0 fully saturated rings. The van der Waals surface area contributed by atoms with Gasteiger partial charge < -0.3 is 10.2 Å². The van der Waals surface area contributed by atoms with Crippen LogP contribution in [0.15, 0.2) is 18.5 Å². The van der Waals surface area contributed by atoms with Crippen molar-refractivity contribution in [2.45, 2.75) is 26.7 Å². The summed E-state index contributed by atoms with van der Waals surface area (Å²) in [6, 6.07) is 1.77. The molecule has 0 aromatic carbocycles. The van der Waals surface area contributed by atoms with E-state index < -0.39 is 0 Å². The van der Waals surface area contributed by atoms with E-state index in [2.05, 4.69) is 17.2 Å². The zero-order valence-electron chi connectivity index (χ0n) is 10.9. The minimum absolute atomic E-state index is 0.0766. The molecule has 0 spiro atoms. The molecule has 0 atom stereocenters. The molecule has 0 aliphatic carbocycles. The highest BCUT2D eigenvalue weighted by Gasteiger charge is 2.16. The molecular formula is C13H21N3O. The Kier molecular flexibility index (Phi) is 5.46. The summed E-state index contributed by atoms with van der Waals surface area (Å²) in [5.41, 5.74) is 1.48. The number of hydrogen-bond acceptors (Lipinski definition) is 3. The van der Waals surface area contributed by atoms with Crippen LogP contribution in [0.25, 0.3) is 0 Å². The maximum atomic E-state index is 12.3. The average molecular weight is 235 g/mol. The third-order valence-corrected chi connectivity index (χ3v) is 2.77. The molecule has 1 heterocycles. The van der Waals surface area contributed by atoms with E-state index in [4.69, 9.17) is 0 Å².